The topological polar surface area (TPSA) is 58.2 Å². The molecule has 0 aliphatic rings. The summed E-state index contributed by atoms with van der Waals surface area (Å²) in [7, 11) is 0. The van der Waals surface area contributed by atoms with Gasteiger partial charge >= 0.3 is 0 Å². The Morgan fingerprint density at radius 2 is 1.84 bits per heavy atom. The molecule has 0 aliphatic heterocycles. The molecule has 5 heteroatoms. The Labute approximate surface area is 152 Å². The molecule has 0 unspecified atom stereocenters. The Kier molecular flexibility index (Phi) is 6.78. The summed E-state index contributed by atoms with van der Waals surface area (Å²) in [6, 6.07) is 14.3. The molecule has 0 atom stereocenters. The number of hydrogen-bond donors (Lipinski definition) is 2. The predicted octanol–water partition coefficient (Wildman–Crippen LogP) is 4.38. The molecule has 0 saturated carbocycles. The van der Waals surface area contributed by atoms with Gasteiger partial charge in [0.2, 0.25) is 5.91 Å². The summed E-state index contributed by atoms with van der Waals surface area (Å²) >= 11 is 6.12. The normalized spacial score (nSPS) is 10.9. The number of halogens is 1. The van der Waals surface area contributed by atoms with Crippen molar-refractivity contribution < 1.29 is 9.59 Å². The summed E-state index contributed by atoms with van der Waals surface area (Å²) in [4.78, 5) is 24.2. The van der Waals surface area contributed by atoms with Gasteiger partial charge in [-0.25, -0.2) is 0 Å². The zero-order valence-corrected chi connectivity index (χ0v) is 15.0. The van der Waals surface area contributed by atoms with Gasteiger partial charge in [-0.2, -0.15) is 0 Å². The molecule has 0 radical (unpaired) electrons. The SMILES string of the molecule is CC(C)CNC(=O)c1ccc(Cl)c(NC(=O)/C=C\c2ccccc2)c1. The van der Waals surface area contributed by atoms with Gasteiger partial charge in [0.1, 0.15) is 0 Å². The Balaban J connectivity index is 2.05. The lowest BCUT2D eigenvalue weighted by Gasteiger charge is -2.10. The lowest BCUT2D eigenvalue weighted by Crippen LogP contribution is -2.27. The monoisotopic (exact) mass is 356 g/mol. The van der Waals surface area contributed by atoms with Crippen LogP contribution in [0, 0.1) is 5.92 Å². The first-order valence-electron chi connectivity index (χ1n) is 8.07. The zero-order chi connectivity index (χ0) is 18.2. The van der Waals surface area contributed by atoms with Crippen molar-refractivity contribution in [3.63, 3.8) is 0 Å². The average molecular weight is 357 g/mol. The van der Waals surface area contributed by atoms with Gasteiger partial charge in [0.05, 0.1) is 10.7 Å². The van der Waals surface area contributed by atoms with Crippen LogP contribution in [0.25, 0.3) is 6.08 Å². The number of nitrogens with one attached hydrogen (secondary N) is 2. The largest absolute Gasteiger partial charge is 0.352 e. The lowest BCUT2D eigenvalue weighted by molar-refractivity contribution is -0.111. The van der Waals surface area contributed by atoms with E-state index in [1.165, 1.54) is 6.08 Å². The maximum atomic E-state index is 12.1. The number of anilines is 1. The molecule has 25 heavy (non-hydrogen) atoms. The smallest absolute Gasteiger partial charge is 0.251 e. The summed E-state index contributed by atoms with van der Waals surface area (Å²) in [5.74, 6) is -0.148. The van der Waals surface area contributed by atoms with Crippen LogP contribution in [-0.2, 0) is 4.79 Å². The summed E-state index contributed by atoms with van der Waals surface area (Å²) in [5, 5.41) is 5.92. The minimum absolute atomic E-state index is 0.194. The highest BCUT2D eigenvalue weighted by Gasteiger charge is 2.10. The third kappa shape index (κ3) is 6.08. The molecule has 2 N–H and O–H groups in total. The van der Waals surface area contributed by atoms with Crippen LogP contribution in [0.4, 0.5) is 5.69 Å². The highest BCUT2D eigenvalue weighted by molar-refractivity contribution is 6.34. The van der Waals surface area contributed by atoms with Gasteiger partial charge in [0.15, 0.2) is 0 Å². The molecule has 0 aromatic heterocycles. The molecular weight excluding hydrogens is 336 g/mol. The molecule has 0 aliphatic carbocycles. The maximum Gasteiger partial charge on any atom is 0.251 e. The predicted molar refractivity (Wildman–Crippen MR) is 103 cm³/mol. The first kappa shape index (κ1) is 18.7. The van der Waals surface area contributed by atoms with Crippen molar-refractivity contribution in [3.8, 4) is 0 Å². The molecule has 0 bridgehead atoms. The average Bonchev–Trinajstić information content (AvgIpc) is 2.60. The minimum atomic E-state index is -0.314. The molecule has 0 saturated heterocycles. The van der Waals surface area contributed by atoms with Gasteiger partial charge in [0.25, 0.3) is 5.91 Å². The van der Waals surface area contributed by atoms with Gasteiger partial charge in [-0.15, -0.1) is 0 Å². The second-order valence-corrected chi connectivity index (χ2v) is 6.44. The van der Waals surface area contributed by atoms with Crippen LogP contribution in [0.15, 0.2) is 54.6 Å². The Morgan fingerprint density at radius 1 is 1.12 bits per heavy atom. The van der Waals surface area contributed by atoms with E-state index in [0.29, 0.717) is 28.7 Å². The van der Waals surface area contributed by atoms with Gasteiger partial charge in [0, 0.05) is 18.2 Å². The first-order chi connectivity index (χ1) is 12.0. The molecule has 0 heterocycles. The third-order valence-electron chi connectivity index (χ3n) is 3.38. The van der Waals surface area contributed by atoms with Gasteiger partial charge in [-0.1, -0.05) is 55.8 Å². The van der Waals surface area contributed by atoms with Gasteiger partial charge in [-0.05, 0) is 35.8 Å². The minimum Gasteiger partial charge on any atom is -0.352 e. The Bertz CT molecular complexity index is 771. The van der Waals surface area contributed by atoms with Crippen molar-refractivity contribution in [3.05, 3.63) is 70.8 Å². The maximum absolute atomic E-state index is 12.1. The highest BCUT2D eigenvalue weighted by Crippen LogP contribution is 2.23. The van der Waals surface area contributed by atoms with Crippen LogP contribution in [0.2, 0.25) is 5.02 Å². The van der Waals surface area contributed by atoms with E-state index in [-0.39, 0.29) is 11.8 Å². The summed E-state index contributed by atoms with van der Waals surface area (Å²) in [6.45, 7) is 4.63. The van der Waals surface area contributed by atoms with E-state index in [4.69, 9.17) is 11.6 Å². The number of carbonyl (C=O) groups excluding carboxylic acids is 2. The molecule has 130 valence electrons. The van der Waals surface area contributed by atoms with E-state index in [9.17, 15) is 9.59 Å². The molecule has 0 spiro atoms. The Hall–Kier alpha value is -2.59. The summed E-state index contributed by atoms with van der Waals surface area (Å²) in [5.41, 5.74) is 1.78. The van der Waals surface area contributed by atoms with Crippen molar-refractivity contribution in [1.82, 2.24) is 5.32 Å². The fourth-order valence-corrected chi connectivity index (χ4v) is 2.24. The van der Waals surface area contributed by atoms with Crippen LogP contribution in [0.1, 0.15) is 29.8 Å². The second kappa shape index (κ2) is 9.04. The first-order valence-corrected chi connectivity index (χ1v) is 8.45. The van der Waals surface area contributed by atoms with E-state index in [1.54, 1.807) is 24.3 Å². The number of benzene rings is 2. The van der Waals surface area contributed by atoms with E-state index in [2.05, 4.69) is 10.6 Å². The lowest BCUT2D eigenvalue weighted by atomic mass is 10.1. The molecule has 2 rings (SSSR count). The van der Waals surface area contributed by atoms with Crippen LogP contribution >= 0.6 is 11.6 Å². The van der Waals surface area contributed by atoms with Crippen molar-refractivity contribution in [2.24, 2.45) is 5.92 Å². The molecule has 2 aromatic carbocycles. The number of carbonyl (C=O) groups is 2. The van der Waals surface area contributed by atoms with E-state index in [0.717, 1.165) is 5.56 Å². The molecule has 0 fully saturated rings. The fourth-order valence-electron chi connectivity index (χ4n) is 2.07. The quantitative estimate of drug-likeness (QED) is 0.755. The summed E-state index contributed by atoms with van der Waals surface area (Å²) in [6.07, 6.45) is 3.14. The van der Waals surface area contributed by atoms with E-state index in [1.807, 2.05) is 44.2 Å². The van der Waals surface area contributed by atoms with E-state index >= 15 is 0 Å². The van der Waals surface area contributed by atoms with Crippen LogP contribution in [0.5, 0.6) is 0 Å². The van der Waals surface area contributed by atoms with Gasteiger partial charge < -0.3 is 10.6 Å². The third-order valence-corrected chi connectivity index (χ3v) is 3.71. The molecular formula is C20H21ClN2O2. The second-order valence-electron chi connectivity index (χ2n) is 6.03. The number of rotatable bonds is 6. The Morgan fingerprint density at radius 3 is 2.52 bits per heavy atom. The van der Waals surface area contributed by atoms with Crippen molar-refractivity contribution in [1.29, 1.82) is 0 Å². The number of amides is 2. The number of hydrogen-bond acceptors (Lipinski definition) is 2. The highest BCUT2D eigenvalue weighted by atomic mass is 35.5. The molecule has 2 aromatic rings. The van der Waals surface area contributed by atoms with Gasteiger partial charge in [-0.3, -0.25) is 9.59 Å². The van der Waals surface area contributed by atoms with Crippen molar-refractivity contribution in [2.45, 2.75) is 13.8 Å². The van der Waals surface area contributed by atoms with Crippen LogP contribution < -0.4 is 10.6 Å². The van der Waals surface area contributed by atoms with Crippen LogP contribution in [-0.4, -0.2) is 18.4 Å². The van der Waals surface area contributed by atoms with Crippen LogP contribution in [0.3, 0.4) is 0 Å². The van der Waals surface area contributed by atoms with Crippen molar-refractivity contribution in [2.75, 3.05) is 11.9 Å². The molecule has 2 amide bonds. The summed E-state index contributed by atoms with van der Waals surface area (Å²) < 4.78 is 0. The zero-order valence-electron chi connectivity index (χ0n) is 14.3. The van der Waals surface area contributed by atoms with Crippen molar-refractivity contribution >= 4 is 35.2 Å². The molecule has 4 nitrogen and oxygen atoms in total. The van der Waals surface area contributed by atoms with E-state index < -0.39 is 0 Å². The standard InChI is InChI=1S/C20H21ClN2O2/c1-14(2)13-22-20(25)16-9-10-17(21)18(12-16)23-19(24)11-8-15-6-4-3-5-7-15/h3-12,14H,13H2,1-2H3,(H,22,25)(H,23,24)/b11-8-. The fraction of sp³-hybridized carbons (Fsp3) is 0.200.